The molecule has 0 fully saturated rings. The Balaban J connectivity index is 1.68. The van der Waals surface area contributed by atoms with Crippen LogP contribution in [-0.2, 0) is 13.1 Å². The number of pyridine rings is 1. The molecule has 102 valence electrons. The van der Waals surface area contributed by atoms with E-state index in [4.69, 9.17) is 11.6 Å². The van der Waals surface area contributed by atoms with Crippen molar-refractivity contribution in [1.29, 1.82) is 0 Å². The van der Waals surface area contributed by atoms with E-state index in [9.17, 15) is 0 Å². The van der Waals surface area contributed by atoms with Crippen LogP contribution in [-0.4, -0.2) is 9.97 Å². The summed E-state index contributed by atoms with van der Waals surface area (Å²) in [4.78, 5) is 7.63. The molecule has 0 saturated heterocycles. The number of aromatic nitrogens is 2. The topological polar surface area (TPSA) is 40.7 Å². The second-order valence-corrected chi connectivity index (χ2v) is 5.25. The number of benzene rings is 1. The fourth-order valence-corrected chi connectivity index (χ4v) is 2.50. The normalized spacial score (nSPS) is 11.1. The Morgan fingerprint density at radius 1 is 1.15 bits per heavy atom. The van der Waals surface area contributed by atoms with Gasteiger partial charge in [0.1, 0.15) is 0 Å². The number of para-hydroxylation sites is 1. The van der Waals surface area contributed by atoms with Crippen LogP contribution in [0.1, 0.15) is 17.0 Å². The van der Waals surface area contributed by atoms with Crippen LogP contribution in [0.25, 0.3) is 10.9 Å². The molecular weight excluding hydrogens is 270 g/mol. The molecule has 4 heteroatoms. The Morgan fingerprint density at radius 3 is 2.75 bits per heavy atom. The molecule has 2 aromatic heterocycles. The van der Waals surface area contributed by atoms with Crippen molar-refractivity contribution < 1.29 is 0 Å². The third-order valence-electron chi connectivity index (χ3n) is 3.32. The van der Waals surface area contributed by atoms with Gasteiger partial charge in [0.05, 0.1) is 5.02 Å². The van der Waals surface area contributed by atoms with Gasteiger partial charge in [-0.05, 0) is 24.6 Å². The average Bonchev–Trinajstić information content (AvgIpc) is 2.78. The predicted molar refractivity (Wildman–Crippen MR) is 82.8 cm³/mol. The Labute approximate surface area is 123 Å². The van der Waals surface area contributed by atoms with Gasteiger partial charge in [0.15, 0.2) is 0 Å². The lowest BCUT2D eigenvalue weighted by Crippen LogP contribution is -2.13. The molecule has 0 radical (unpaired) electrons. The first-order chi connectivity index (χ1) is 9.74. The van der Waals surface area contributed by atoms with Crippen LogP contribution >= 0.6 is 11.6 Å². The van der Waals surface area contributed by atoms with E-state index in [2.05, 4.69) is 21.4 Å². The monoisotopic (exact) mass is 285 g/mol. The number of aryl methyl sites for hydroxylation is 1. The van der Waals surface area contributed by atoms with Crippen molar-refractivity contribution in [3.8, 4) is 0 Å². The van der Waals surface area contributed by atoms with Gasteiger partial charge in [0.2, 0.25) is 0 Å². The zero-order valence-corrected chi connectivity index (χ0v) is 12.0. The van der Waals surface area contributed by atoms with Crippen molar-refractivity contribution in [2.75, 3.05) is 0 Å². The molecule has 3 nitrogen and oxygen atoms in total. The highest BCUT2D eigenvalue weighted by Crippen LogP contribution is 2.26. The summed E-state index contributed by atoms with van der Waals surface area (Å²) in [5.74, 6) is 0. The minimum Gasteiger partial charge on any atom is -0.356 e. The van der Waals surface area contributed by atoms with Crippen LogP contribution in [0.2, 0.25) is 5.02 Å². The van der Waals surface area contributed by atoms with Crippen molar-refractivity contribution in [3.63, 3.8) is 0 Å². The van der Waals surface area contributed by atoms with Gasteiger partial charge in [-0.3, -0.25) is 4.98 Å². The Hall–Kier alpha value is -1.84. The predicted octanol–water partition coefficient (Wildman–Crippen LogP) is 3.81. The number of nitrogens with one attached hydrogen (secondary N) is 2. The van der Waals surface area contributed by atoms with Crippen molar-refractivity contribution >= 4 is 22.5 Å². The molecule has 1 aromatic carbocycles. The van der Waals surface area contributed by atoms with E-state index in [1.54, 1.807) is 0 Å². The molecule has 0 unspecified atom stereocenters. The van der Waals surface area contributed by atoms with Gasteiger partial charge in [0.25, 0.3) is 0 Å². The molecule has 0 aliphatic carbocycles. The van der Waals surface area contributed by atoms with Gasteiger partial charge in [-0.1, -0.05) is 35.9 Å². The lowest BCUT2D eigenvalue weighted by molar-refractivity contribution is 0.681. The zero-order chi connectivity index (χ0) is 13.9. The van der Waals surface area contributed by atoms with Gasteiger partial charge in [-0.15, -0.1) is 0 Å². The molecule has 0 aliphatic rings. The standard InChI is InChI=1S/C16H16ClN3/c1-11-6-7-12(9-19-11)8-18-10-15-16(17)13-4-2-3-5-14(13)20-15/h2-7,9,18,20H,8,10H2,1H3. The maximum Gasteiger partial charge on any atom is 0.0705 e. The van der Waals surface area contributed by atoms with E-state index < -0.39 is 0 Å². The smallest absolute Gasteiger partial charge is 0.0705 e. The molecule has 0 atom stereocenters. The van der Waals surface area contributed by atoms with Crippen LogP contribution in [0.3, 0.4) is 0 Å². The first-order valence-corrected chi connectivity index (χ1v) is 6.99. The fraction of sp³-hybridized carbons (Fsp3) is 0.188. The van der Waals surface area contributed by atoms with Crippen LogP contribution in [0, 0.1) is 6.92 Å². The number of fused-ring (bicyclic) bond motifs is 1. The molecule has 20 heavy (non-hydrogen) atoms. The minimum absolute atomic E-state index is 0.710. The van der Waals surface area contributed by atoms with E-state index in [1.807, 2.05) is 43.5 Å². The van der Waals surface area contributed by atoms with Gasteiger partial charge in [0, 0.05) is 41.6 Å². The Morgan fingerprint density at radius 2 is 2.00 bits per heavy atom. The molecule has 0 bridgehead atoms. The molecule has 0 saturated carbocycles. The minimum atomic E-state index is 0.710. The van der Waals surface area contributed by atoms with E-state index in [1.165, 1.54) is 5.56 Å². The number of aromatic amines is 1. The molecule has 2 N–H and O–H groups in total. The van der Waals surface area contributed by atoms with Crippen LogP contribution in [0.5, 0.6) is 0 Å². The van der Waals surface area contributed by atoms with E-state index in [0.29, 0.717) is 6.54 Å². The summed E-state index contributed by atoms with van der Waals surface area (Å²) in [6, 6.07) is 12.2. The lowest BCUT2D eigenvalue weighted by atomic mass is 10.2. The average molecular weight is 286 g/mol. The number of hydrogen-bond acceptors (Lipinski definition) is 2. The van der Waals surface area contributed by atoms with Gasteiger partial charge in [-0.2, -0.15) is 0 Å². The number of nitrogens with zero attached hydrogens (tertiary/aromatic N) is 1. The quantitative estimate of drug-likeness (QED) is 0.765. The summed E-state index contributed by atoms with van der Waals surface area (Å²) in [5, 5.41) is 5.26. The molecule has 0 aliphatic heterocycles. The van der Waals surface area contributed by atoms with Gasteiger partial charge in [-0.25, -0.2) is 0 Å². The highest BCUT2D eigenvalue weighted by Gasteiger charge is 2.08. The molecule has 0 spiro atoms. The van der Waals surface area contributed by atoms with Crippen molar-refractivity contribution in [1.82, 2.24) is 15.3 Å². The Bertz CT molecular complexity index is 716. The van der Waals surface area contributed by atoms with Crippen molar-refractivity contribution in [3.05, 3.63) is 64.6 Å². The van der Waals surface area contributed by atoms with E-state index in [-0.39, 0.29) is 0 Å². The molecular formula is C16H16ClN3. The third kappa shape index (κ3) is 2.69. The summed E-state index contributed by atoms with van der Waals surface area (Å²) in [7, 11) is 0. The Kier molecular flexibility index (Phi) is 3.72. The second-order valence-electron chi connectivity index (χ2n) is 4.87. The second kappa shape index (κ2) is 5.65. The number of rotatable bonds is 4. The molecule has 3 rings (SSSR count). The van der Waals surface area contributed by atoms with E-state index in [0.717, 1.165) is 33.9 Å². The SMILES string of the molecule is Cc1ccc(CNCc2[nH]c3ccccc3c2Cl)cn1. The van der Waals surface area contributed by atoms with Crippen LogP contribution < -0.4 is 5.32 Å². The van der Waals surface area contributed by atoms with Crippen molar-refractivity contribution in [2.24, 2.45) is 0 Å². The first-order valence-electron chi connectivity index (χ1n) is 6.61. The fourth-order valence-electron chi connectivity index (χ4n) is 2.22. The highest BCUT2D eigenvalue weighted by atomic mass is 35.5. The molecule has 3 aromatic rings. The summed E-state index contributed by atoms with van der Waals surface area (Å²) >= 11 is 6.38. The number of halogens is 1. The first kappa shape index (κ1) is 13.2. The number of H-pyrrole nitrogens is 1. The molecule has 0 amide bonds. The van der Waals surface area contributed by atoms with Crippen molar-refractivity contribution in [2.45, 2.75) is 20.0 Å². The van der Waals surface area contributed by atoms with Crippen LogP contribution in [0.15, 0.2) is 42.6 Å². The van der Waals surface area contributed by atoms with Gasteiger partial charge >= 0.3 is 0 Å². The summed E-state index contributed by atoms with van der Waals surface area (Å²) < 4.78 is 0. The summed E-state index contributed by atoms with van der Waals surface area (Å²) in [6.07, 6.45) is 1.90. The number of hydrogen-bond donors (Lipinski definition) is 2. The van der Waals surface area contributed by atoms with E-state index >= 15 is 0 Å². The third-order valence-corrected chi connectivity index (χ3v) is 3.75. The van der Waals surface area contributed by atoms with Gasteiger partial charge < -0.3 is 10.3 Å². The van der Waals surface area contributed by atoms with Crippen LogP contribution in [0.4, 0.5) is 0 Å². The molecule has 2 heterocycles. The summed E-state index contributed by atoms with van der Waals surface area (Å²) in [6.45, 7) is 3.47. The lowest BCUT2D eigenvalue weighted by Gasteiger charge is -2.04. The highest BCUT2D eigenvalue weighted by molar-refractivity contribution is 6.36. The maximum absolute atomic E-state index is 6.38. The summed E-state index contributed by atoms with van der Waals surface area (Å²) in [5.41, 5.74) is 4.30. The largest absolute Gasteiger partial charge is 0.356 e. The zero-order valence-electron chi connectivity index (χ0n) is 11.3. The maximum atomic E-state index is 6.38.